The van der Waals surface area contributed by atoms with Crippen LogP contribution in [0.4, 0.5) is 5.82 Å². The second-order valence-corrected chi connectivity index (χ2v) is 4.55. The molecule has 0 bridgehead atoms. The number of H-pyrrole nitrogens is 1. The highest BCUT2D eigenvalue weighted by Gasteiger charge is 2.30. The number of nitrogens with one attached hydrogen (secondary N) is 3. The molecule has 0 aliphatic heterocycles. The summed E-state index contributed by atoms with van der Waals surface area (Å²) in [6.07, 6.45) is 3.27. The summed E-state index contributed by atoms with van der Waals surface area (Å²) in [5.74, 6) is 0.187. The molecule has 17 heavy (non-hydrogen) atoms. The molecule has 0 saturated heterocycles. The third-order valence-corrected chi connectivity index (χ3v) is 2.50. The minimum absolute atomic E-state index is 0.0457. The van der Waals surface area contributed by atoms with Crippen LogP contribution in [-0.4, -0.2) is 28.1 Å². The number of nitrogens with zero attached hydrogens (tertiary/aromatic N) is 1. The predicted molar refractivity (Wildman–Crippen MR) is 62.5 cm³/mol. The van der Waals surface area contributed by atoms with E-state index >= 15 is 0 Å². The summed E-state index contributed by atoms with van der Waals surface area (Å²) in [7, 11) is 0. The Bertz CT molecular complexity index is 434. The molecule has 0 atom stereocenters. The number of carbonyl (C=O) groups excluding carboxylic acids is 2. The van der Waals surface area contributed by atoms with Crippen LogP contribution in [-0.2, 0) is 4.79 Å². The summed E-state index contributed by atoms with van der Waals surface area (Å²) < 4.78 is 0. The standard InChI is InChI=1S/C11H16N4O2/c1-6(2)13-11(17)8-5-12-15-9(8)14-10(16)7-3-4-7/h5-7H,3-4H2,1-2H3,(H,13,17)(H2,12,14,15,16). The highest BCUT2D eigenvalue weighted by atomic mass is 16.2. The maximum absolute atomic E-state index is 11.8. The normalized spacial score (nSPS) is 14.8. The molecule has 92 valence electrons. The van der Waals surface area contributed by atoms with Crippen molar-refractivity contribution in [2.75, 3.05) is 5.32 Å². The molecule has 1 fully saturated rings. The van der Waals surface area contributed by atoms with Crippen LogP contribution in [0.1, 0.15) is 37.0 Å². The molecular formula is C11H16N4O2. The van der Waals surface area contributed by atoms with E-state index < -0.39 is 0 Å². The Kier molecular flexibility index (Phi) is 3.12. The number of hydrogen-bond donors (Lipinski definition) is 3. The maximum atomic E-state index is 11.8. The van der Waals surface area contributed by atoms with Gasteiger partial charge in [-0.2, -0.15) is 5.10 Å². The van der Waals surface area contributed by atoms with E-state index in [4.69, 9.17) is 0 Å². The van der Waals surface area contributed by atoms with Crippen LogP contribution in [0.3, 0.4) is 0 Å². The Labute approximate surface area is 99.2 Å². The van der Waals surface area contributed by atoms with E-state index in [9.17, 15) is 9.59 Å². The highest BCUT2D eigenvalue weighted by Crippen LogP contribution is 2.30. The van der Waals surface area contributed by atoms with Crippen molar-refractivity contribution in [1.82, 2.24) is 15.5 Å². The fourth-order valence-electron chi connectivity index (χ4n) is 1.46. The molecule has 0 radical (unpaired) electrons. The minimum Gasteiger partial charge on any atom is -0.350 e. The second-order valence-electron chi connectivity index (χ2n) is 4.55. The van der Waals surface area contributed by atoms with E-state index in [-0.39, 0.29) is 23.8 Å². The van der Waals surface area contributed by atoms with E-state index in [1.165, 1.54) is 6.20 Å². The number of aromatic amines is 1. The van der Waals surface area contributed by atoms with Gasteiger partial charge in [0, 0.05) is 12.0 Å². The lowest BCUT2D eigenvalue weighted by Crippen LogP contribution is -2.30. The molecule has 2 rings (SSSR count). The molecule has 1 heterocycles. The Morgan fingerprint density at radius 2 is 2.18 bits per heavy atom. The van der Waals surface area contributed by atoms with Gasteiger partial charge in [0.15, 0.2) is 0 Å². The van der Waals surface area contributed by atoms with Gasteiger partial charge in [-0.1, -0.05) is 0 Å². The average Bonchev–Trinajstić information content (AvgIpc) is 2.99. The van der Waals surface area contributed by atoms with Gasteiger partial charge in [-0.05, 0) is 26.7 Å². The van der Waals surface area contributed by atoms with Crippen molar-refractivity contribution in [1.29, 1.82) is 0 Å². The van der Waals surface area contributed by atoms with Crippen LogP contribution in [0.2, 0.25) is 0 Å². The lowest BCUT2D eigenvalue weighted by atomic mass is 10.2. The van der Waals surface area contributed by atoms with Crippen molar-refractivity contribution in [2.45, 2.75) is 32.7 Å². The van der Waals surface area contributed by atoms with Crippen molar-refractivity contribution in [3.05, 3.63) is 11.8 Å². The third kappa shape index (κ3) is 2.83. The van der Waals surface area contributed by atoms with E-state index in [2.05, 4.69) is 20.8 Å². The quantitative estimate of drug-likeness (QED) is 0.725. The summed E-state index contributed by atoms with van der Waals surface area (Å²) in [6.45, 7) is 3.75. The van der Waals surface area contributed by atoms with Crippen molar-refractivity contribution >= 4 is 17.6 Å². The first-order valence-corrected chi connectivity index (χ1v) is 5.73. The molecular weight excluding hydrogens is 220 g/mol. The number of amides is 2. The van der Waals surface area contributed by atoms with Crippen LogP contribution < -0.4 is 10.6 Å². The zero-order valence-corrected chi connectivity index (χ0v) is 9.91. The Morgan fingerprint density at radius 3 is 2.76 bits per heavy atom. The zero-order chi connectivity index (χ0) is 12.4. The first kappa shape index (κ1) is 11.6. The van der Waals surface area contributed by atoms with Gasteiger partial charge in [-0.25, -0.2) is 0 Å². The Balaban J connectivity index is 2.05. The van der Waals surface area contributed by atoms with Crippen molar-refractivity contribution in [3.63, 3.8) is 0 Å². The van der Waals surface area contributed by atoms with Gasteiger partial charge in [0.2, 0.25) is 5.91 Å². The molecule has 1 saturated carbocycles. The number of hydrogen-bond acceptors (Lipinski definition) is 3. The van der Waals surface area contributed by atoms with Crippen LogP contribution in [0, 0.1) is 5.92 Å². The monoisotopic (exact) mass is 236 g/mol. The Morgan fingerprint density at radius 1 is 1.47 bits per heavy atom. The van der Waals surface area contributed by atoms with Gasteiger partial charge in [0.1, 0.15) is 11.4 Å². The topological polar surface area (TPSA) is 86.9 Å². The number of anilines is 1. The summed E-state index contributed by atoms with van der Waals surface area (Å²) in [4.78, 5) is 23.4. The van der Waals surface area contributed by atoms with Gasteiger partial charge < -0.3 is 10.6 Å². The smallest absolute Gasteiger partial charge is 0.256 e. The molecule has 0 spiro atoms. The van der Waals surface area contributed by atoms with Crippen molar-refractivity contribution in [2.24, 2.45) is 5.92 Å². The molecule has 0 aromatic carbocycles. The van der Waals surface area contributed by atoms with Crippen LogP contribution >= 0.6 is 0 Å². The van der Waals surface area contributed by atoms with E-state index in [1.807, 2.05) is 13.8 Å². The van der Waals surface area contributed by atoms with Gasteiger partial charge in [-0.15, -0.1) is 0 Å². The van der Waals surface area contributed by atoms with Gasteiger partial charge in [0.05, 0.1) is 6.20 Å². The van der Waals surface area contributed by atoms with Gasteiger partial charge in [0.25, 0.3) is 5.91 Å². The minimum atomic E-state index is -0.236. The van der Waals surface area contributed by atoms with E-state index in [0.29, 0.717) is 11.4 Å². The van der Waals surface area contributed by atoms with Crippen molar-refractivity contribution in [3.8, 4) is 0 Å². The van der Waals surface area contributed by atoms with E-state index in [1.54, 1.807) is 0 Å². The molecule has 6 heteroatoms. The molecule has 1 aliphatic carbocycles. The average molecular weight is 236 g/mol. The van der Waals surface area contributed by atoms with E-state index in [0.717, 1.165) is 12.8 Å². The fourth-order valence-corrected chi connectivity index (χ4v) is 1.46. The first-order chi connectivity index (χ1) is 8.08. The zero-order valence-electron chi connectivity index (χ0n) is 9.91. The summed E-state index contributed by atoms with van der Waals surface area (Å²) >= 11 is 0. The number of rotatable bonds is 4. The van der Waals surface area contributed by atoms with Crippen LogP contribution in [0.25, 0.3) is 0 Å². The second kappa shape index (κ2) is 4.57. The fraction of sp³-hybridized carbons (Fsp3) is 0.545. The van der Waals surface area contributed by atoms with Crippen LogP contribution in [0.15, 0.2) is 6.20 Å². The largest absolute Gasteiger partial charge is 0.350 e. The molecule has 2 amide bonds. The van der Waals surface area contributed by atoms with Gasteiger partial charge >= 0.3 is 0 Å². The number of aromatic nitrogens is 2. The lowest BCUT2D eigenvalue weighted by molar-refractivity contribution is -0.117. The van der Waals surface area contributed by atoms with Crippen LogP contribution in [0.5, 0.6) is 0 Å². The van der Waals surface area contributed by atoms with Gasteiger partial charge in [-0.3, -0.25) is 14.7 Å². The summed E-state index contributed by atoms with van der Waals surface area (Å²) in [5.41, 5.74) is 0.368. The summed E-state index contributed by atoms with van der Waals surface area (Å²) in [5, 5.41) is 11.9. The predicted octanol–water partition coefficient (Wildman–Crippen LogP) is 0.896. The molecule has 3 N–H and O–H groups in total. The molecule has 1 aromatic rings. The van der Waals surface area contributed by atoms with Crippen molar-refractivity contribution < 1.29 is 9.59 Å². The SMILES string of the molecule is CC(C)NC(=O)c1cn[nH]c1NC(=O)C1CC1. The maximum Gasteiger partial charge on any atom is 0.256 e. The lowest BCUT2D eigenvalue weighted by Gasteiger charge is -2.08. The molecule has 1 aliphatic rings. The molecule has 1 aromatic heterocycles. The third-order valence-electron chi connectivity index (χ3n) is 2.50. The first-order valence-electron chi connectivity index (χ1n) is 5.73. The summed E-state index contributed by atoms with van der Waals surface area (Å²) in [6, 6.07) is 0.0457. The Hall–Kier alpha value is -1.85. The molecule has 0 unspecified atom stereocenters. The number of carbonyl (C=O) groups is 2. The highest BCUT2D eigenvalue weighted by molar-refractivity contribution is 6.03. The molecule has 6 nitrogen and oxygen atoms in total.